The molecule has 21 heavy (non-hydrogen) atoms. The summed E-state index contributed by atoms with van der Waals surface area (Å²) in [6.45, 7) is 0.243. The highest BCUT2D eigenvalue weighted by Gasteiger charge is 2.15. The maximum absolute atomic E-state index is 12.0. The van der Waals surface area contributed by atoms with Crippen molar-refractivity contribution in [1.29, 1.82) is 0 Å². The van der Waals surface area contributed by atoms with Gasteiger partial charge in [-0.1, -0.05) is 28.1 Å². The molecule has 5 nitrogen and oxygen atoms in total. The number of terminal acetylenes is 1. The summed E-state index contributed by atoms with van der Waals surface area (Å²) in [6, 6.07) is 6.93. The smallest absolute Gasteiger partial charge is 0.331 e. The second-order valence-corrected chi connectivity index (χ2v) is 5.34. The zero-order chi connectivity index (χ0) is 15.4. The number of hydrogen-bond acceptors (Lipinski definition) is 3. The summed E-state index contributed by atoms with van der Waals surface area (Å²) in [5.41, 5.74) is -0.678. The van der Waals surface area contributed by atoms with Crippen LogP contribution in [0.4, 0.5) is 0 Å². The average Bonchev–Trinajstić information content (AvgIpc) is 2.42. The van der Waals surface area contributed by atoms with E-state index in [2.05, 4.69) is 26.8 Å². The molecule has 0 aliphatic heterocycles. The number of unbranched alkanes of at least 4 members (excludes halogenated alkanes) is 1. The number of nitrogens with zero attached hydrogens (tertiary/aromatic N) is 1. The zero-order valence-corrected chi connectivity index (χ0v) is 12.7. The Morgan fingerprint density at radius 1 is 1.38 bits per heavy atom. The van der Waals surface area contributed by atoms with Gasteiger partial charge in [0.2, 0.25) is 5.88 Å². The minimum absolute atomic E-state index is 0.0663. The summed E-state index contributed by atoms with van der Waals surface area (Å²) in [4.78, 5) is 26.0. The van der Waals surface area contributed by atoms with E-state index in [9.17, 15) is 14.7 Å². The van der Waals surface area contributed by atoms with Gasteiger partial charge in [0.25, 0.3) is 5.56 Å². The van der Waals surface area contributed by atoms with Crippen molar-refractivity contribution in [3.63, 3.8) is 0 Å². The molecule has 0 bridgehead atoms. The molecule has 0 saturated carbocycles. The molecule has 0 amide bonds. The van der Waals surface area contributed by atoms with E-state index in [-0.39, 0.29) is 18.0 Å². The predicted molar refractivity (Wildman–Crippen MR) is 84.2 cm³/mol. The van der Waals surface area contributed by atoms with Crippen LogP contribution in [0.2, 0.25) is 0 Å². The molecule has 0 aliphatic carbocycles. The van der Waals surface area contributed by atoms with Gasteiger partial charge < -0.3 is 5.11 Å². The van der Waals surface area contributed by atoms with Gasteiger partial charge in [-0.2, -0.15) is 0 Å². The van der Waals surface area contributed by atoms with Crippen LogP contribution in [-0.4, -0.2) is 14.7 Å². The van der Waals surface area contributed by atoms with E-state index in [4.69, 9.17) is 6.42 Å². The molecule has 1 aromatic heterocycles. The van der Waals surface area contributed by atoms with Crippen molar-refractivity contribution in [2.45, 2.75) is 19.4 Å². The number of hydrogen-bond donors (Lipinski definition) is 2. The number of halogens is 1. The van der Waals surface area contributed by atoms with Crippen LogP contribution in [-0.2, 0) is 6.54 Å². The van der Waals surface area contributed by atoms with Crippen molar-refractivity contribution < 1.29 is 5.11 Å². The van der Waals surface area contributed by atoms with Crippen LogP contribution in [0.5, 0.6) is 5.88 Å². The fraction of sp³-hybridized carbons (Fsp3) is 0.200. The van der Waals surface area contributed by atoms with Crippen LogP contribution in [0.3, 0.4) is 0 Å². The highest BCUT2D eigenvalue weighted by Crippen LogP contribution is 2.26. The first-order chi connectivity index (χ1) is 10.0. The van der Waals surface area contributed by atoms with E-state index in [0.29, 0.717) is 18.4 Å². The molecular formula is C15H13BrN2O3. The molecule has 2 N–H and O–H groups in total. The molecule has 0 aliphatic rings. The second-order valence-electron chi connectivity index (χ2n) is 4.43. The first-order valence-electron chi connectivity index (χ1n) is 6.30. The normalized spacial score (nSPS) is 10.3. The third kappa shape index (κ3) is 3.26. The Hall–Kier alpha value is -2.26. The summed E-state index contributed by atoms with van der Waals surface area (Å²) in [5.74, 6) is 2.12. The van der Waals surface area contributed by atoms with Gasteiger partial charge in [0.1, 0.15) is 5.56 Å². The van der Waals surface area contributed by atoms with E-state index in [0.717, 1.165) is 9.04 Å². The lowest BCUT2D eigenvalue weighted by molar-refractivity contribution is 0.399. The van der Waals surface area contributed by atoms with Crippen molar-refractivity contribution in [3.8, 4) is 29.4 Å². The monoisotopic (exact) mass is 348 g/mol. The number of rotatable bonds is 4. The minimum atomic E-state index is -0.645. The maximum Gasteiger partial charge on any atom is 0.331 e. The Morgan fingerprint density at radius 2 is 2.14 bits per heavy atom. The molecule has 6 heteroatoms. The summed E-state index contributed by atoms with van der Waals surface area (Å²) in [7, 11) is 0. The molecular weight excluding hydrogens is 336 g/mol. The third-order valence-corrected chi connectivity index (χ3v) is 3.48. The van der Waals surface area contributed by atoms with Crippen LogP contribution in [0.15, 0.2) is 38.3 Å². The topological polar surface area (TPSA) is 75.1 Å². The summed E-state index contributed by atoms with van der Waals surface area (Å²) >= 11 is 3.31. The van der Waals surface area contributed by atoms with Crippen molar-refractivity contribution in [2.24, 2.45) is 0 Å². The van der Waals surface area contributed by atoms with Gasteiger partial charge in [0.05, 0.1) is 0 Å². The number of nitrogens with one attached hydrogen (secondary N) is 1. The highest BCUT2D eigenvalue weighted by molar-refractivity contribution is 9.10. The van der Waals surface area contributed by atoms with Crippen molar-refractivity contribution in [3.05, 3.63) is 49.6 Å². The van der Waals surface area contributed by atoms with Crippen LogP contribution in [0.25, 0.3) is 11.1 Å². The zero-order valence-electron chi connectivity index (χ0n) is 11.1. The SMILES string of the molecule is C#CCCCn1c(O)c(-c2cccc(Br)c2)c(=O)[nH]c1=O. The van der Waals surface area contributed by atoms with Crippen molar-refractivity contribution in [2.75, 3.05) is 0 Å². The lowest BCUT2D eigenvalue weighted by Gasteiger charge is -2.11. The van der Waals surface area contributed by atoms with Crippen molar-refractivity contribution in [1.82, 2.24) is 9.55 Å². The van der Waals surface area contributed by atoms with Gasteiger partial charge in [-0.25, -0.2) is 4.79 Å². The number of H-pyrrole nitrogens is 1. The number of aromatic nitrogens is 2. The van der Waals surface area contributed by atoms with Crippen molar-refractivity contribution >= 4 is 15.9 Å². The molecule has 0 atom stereocenters. The van der Waals surface area contributed by atoms with Gasteiger partial charge in [-0.3, -0.25) is 14.3 Å². The molecule has 0 fully saturated rings. The van der Waals surface area contributed by atoms with E-state index < -0.39 is 11.2 Å². The van der Waals surface area contributed by atoms with Gasteiger partial charge in [-0.15, -0.1) is 12.3 Å². The fourth-order valence-corrected chi connectivity index (χ4v) is 2.41. The third-order valence-electron chi connectivity index (χ3n) is 2.99. The first kappa shape index (κ1) is 15.1. The Morgan fingerprint density at radius 3 is 2.81 bits per heavy atom. The van der Waals surface area contributed by atoms with Gasteiger partial charge in [0, 0.05) is 17.4 Å². The van der Waals surface area contributed by atoms with E-state index in [1.807, 2.05) is 0 Å². The van der Waals surface area contributed by atoms with Crippen LogP contribution < -0.4 is 11.2 Å². The molecule has 1 heterocycles. The first-order valence-corrected chi connectivity index (χ1v) is 7.09. The Kier molecular flexibility index (Phi) is 4.66. The summed E-state index contributed by atoms with van der Waals surface area (Å²) in [5, 5.41) is 10.3. The van der Waals surface area contributed by atoms with Gasteiger partial charge in [-0.05, 0) is 24.1 Å². The Bertz CT molecular complexity index is 815. The number of benzene rings is 1. The summed E-state index contributed by atoms with van der Waals surface area (Å²) in [6.07, 6.45) is 6.19. The minimum Gasteiger partial charge on any atom is -0.494 e. The largest absolute Gasteiger partial charge is 0.494 e. The van der Waals surface area contributed by atoms with Crippen LogP contribution >= 0.6 is 15.9 Å². The Balaban J connectivity index is 2.57. The van der Waals surface area contributed by atoms with Crippen LogP contribution in [0, 0.1) is 12.3 Å². The Labute approximate surface area is 129 Å². The van der Waals surface area contributed by atoms with Crippen LogP contribution in [0.1, 0.15) is 12.8 Å². The van der Waals surface area contributed by atoms with Gasteiger partial charge >= 0.3 is 5.69 Å². The predicted octanol–water partition coefficient (Wildman–Crippen LogP) is 2.09. The maximum atomic E-state index is 12.0. The molecule has 2 rings (SSSR count). The van der Waals surface area contributed by atoms with E-state index in [1.165, 1.54) is 0 Å². The molecule has 0 unspecified atom stereocenters. The molecule has 2 aromatic rings. The fourth-order valence-electron chi connectivity index (χ4n) is 2.01. The highest BCUT2D eigenvalue weighted by atomic mass is 79.9. The lowest BCUT2D eigenvalue weighted by atomic mass is 10.1. The molecule has 0 radical (unpaired) electrons. The van der Waals surface area contributed by atoms with E-state index >= 15 is 0 Å². The second kappa shape index (κ2) is 6.46. The number of aromatic amines is 1. The number of aromatic hydroxyl groups is 1. The molecule has 1 aromatic carbocycles. The molecule has 108 valence electrons. The molecule has 0 spiro atoms. The quantitative estimate of drug-likeness (QED) is 0.656. The standard InChI is InChI=1S/C15H13BrN2O3/c1-2-3-4-8-18-14(20)12(13(19)17-15(18)21)10-6-5-7-11(16)9-10/h1,5-7,9,20H,3-4,8H2,(H,17,19,21). The van der Waals surface area contributed by atoms with Gasteiger partial charge in [0.15, 0.2) is 0 Å². The average molecular weight is 349 g/mol. The molecule has 0 saturated heterocycles. The lowest BCUT2D eigenvalue weighted by Crippen LogP contribution is -2.31. The summed E-state index contributed by atoms with van der Waals surface area (Å²) < 4.78 is 1.89. The van der Waals surface area contributed by atoms with E-state index in [1.54, 1.807) is 24.3 Å².